The first-order valence-corrected chi connectivity index (χ1v) is 7.24. The molecular formula is C14H26N2O2. The Labute approximate surface area is 109 Å². The molecule has 0 radical (unpaired) electrons. The van der Waals surface area contributed by atoms with Gasteiger partial charge in [0, 0.05) is 0 Å². The third-order valence-corrected chi connectivity index (χ3v) is 3.31. The maximum atomic E-state index is 10.9. The standard InChI is InChI=1S/C14H26N2O2/c1-2-3-4-5-6-7-8-9-10-11-12-13(17)16-14(18)15-12/h17H,2-11H2,1H3,(H2,15,16,18). The predicted molar refractivity (Wildman–Crippen MR) is 74.0 cm³/mol. The lowest BCUT2D eigenvalue weighted by Gasteiger charge is -2.01. The Hall–Kier alpha value is -1.19. The van der Waals surface area contributed by atoms with Crippen LogP contribution in [0.5, 0.6) is 5.88 Å². The Morgan fingerprint density at radius 3 is 1.94 bits per heavy atom. The molecule has 1 heterocycles. The molecule has 0 aromatic carbocycles. The van der Waals surface area contributed by atoms with E-state index in [2.05, 4.69) is 16.9 Å². The van der Waals surface area contributed by atoms with Gasteiger partial charge >= 0.3 is 5.69 Å². The smallest absolute Gasteiger partial charge is 0.325 e. The molecule has 0 amide bonds. The van der Waals surface area contributed by atoms with Crippen molar-refractivity contribution in [1.29, 1.82) is 0 Å². The average molecular weight is 254 g/mol. The van der Waals surface area contributed by atoms with Gasteiger partial charge in [-0.25, -0.2) is 4.79 Å². The van der Waals surface area contributed by atoms with E-state index in [9.17, 15) is 9.90 Å². The maximum Gasteiger partial charge on any atom is 0.325 e. The van der Waals surface area contributed by atoms with Gasteiger partial charge in [-0.15, -0.1) is 0 Å². The molecule has 104 valence electrons. The van der Waals surface area contributed by atoms with Crippen molar-refractivity contribution in [2.24, 2.45) is 0 Å². The Kier molecular flexibility index (Phi) is 7.30. The molecule has 4 nitrogen and oxygen atoms in total. The van der Waals surface area contributed by atoms with Crippen LogP contribution in [0, 0.1) is 0 Å². The molecule has 0 unspecified atom stereocenters. The van der Waals surface area contributed by atoms with Crippen LogP contribution in [0.4, 0.5) is 0 Å². The lowest BCUT2D eigenvalue weighted by Crippen LogP contribution is -2.01. The molecule has 0 bridgehead atoms. The van der Waals surface area contributed by atoms with Gasteiger partial charge in [-0.3, -0.25) is 4.98 Å². The van der Waals surface area contributed by atoms with Gasteiger partial charge in [-0.2, -0.15) is 0 Å². The van der Waals surface area contributed by atoms with Crippen LogP contribution in [0.25, 0.3) is 0 Å². The largest absolute Gasteiger partial charge is 0.493 e. The third kappa shape index (κ3) is 5.94. The monoisotopic (exact) mass is 254 g/mol. The lowest BCUT2D eigenvalue weighted by molar-refractivity contribution is 0.446. The van der Waals surface area contributed by atoms with E-state index in [1.165, 1.54) is 51.4 Å². The van der Waals surface area contributed by atoms with Gasteiger partial charge in [0.15, 0.2) is 0 Å². The van der Waals surface area contributed by atoms with Crippen molar-refractivity contribution in [1.82, 2.24) is 9.97 Å². The molecule has 3 N–H and O–H groups in total. The molecule has 0 aliphatic heterocycles. The molecule has 0 saturated carbocycles. The highest BCUT2D eigenvalue weighted by Gasteiger charge is 2.04. The average Bonchev–Trinajstić information content (AvgIpc) is 2.66. The molecule has 1 rings (SSSR count). The Morgan fingerprint density at radius 2 is 1.44 bits per heavy atom. The van der Waals surface area contributed by atoms with E-state index >= 15 is 0 Å². The van der Waals surface area contributed by atoms with Crippen molar-refractivity contribution in [3.63, 3.8) is 0 Å². The topological polar surface area (TPSA) is 68.9 Å². The summed E-state index contributed by atoms with van der Waals surface area (Å²) < 4.78 is 0. The van der Waals surface area contributed by atoms with E-state index in [-0.39, 0.29) is 11.6 Å². The van der Waals surface area contributed by atoms with Crippen molar-refractivity contribution in [3.8, 4) is 5.88 Å². The number of nitrogens with one attached hydrogen (secondary N) is 2. The first-order chi connectivity index (χ1) is 8.74. The molecule has 1 aromatic rings. The van der Waals surface area contributed by atoms with E-state index in [0.717, 1.165) is 12.8 Å². The third-order valence-electron chi connectivity index (χ3n) is 3.31. The Bertz CT molecular complexity index is 368. The Morgan fingerprint density at radius 1 is 0.889 bits per heavy atom. The summed E-state index contributed by atoms with van der Waals surface area (Å²) in [5.41, 5.74) is 0.321. The molecule has 1 aromatic heterocycles. The number of aromatic nitrogens is 2. The summed E-state index contributed by atoms with van der Waals surface area (Å²) >= 11 is 0. The summed E-state index contributed by atoms with van der Waals surface area (Å²) in [5.74, 6) is -0.000402. The van der Waals surface area contributed by atoms with Crippen LogP contribution in [0.3, 0.4) is 0 Å². The number of hydrogen-bond acceptors (Lipinski definition) is 2. The second-order valence-electron chi connectivity index (χ2n) is 4.98. The van der Waals surface area contributed by atoms with E-state index < -0.39 is 0 Å². The number of unbranched alkanes of at least 4 members (excludes halogenated alkanes) is 8. The van der Waals surface area contributed by atoms with Gasteiger partial charge in [0.25, 0.3) is 0 Å². The predicted octanol–water partition coefficient (Wildman–Crippen LogP) is 3.48. The molecule has 0 saturated heterocycles. The van der Waals surface area contributed by atoms with Gasteiger partial charge in [0.1, 0.15) is 0 Å². The fourth-order valence-electron chi connectivity index (χ4n) is 2.20. The van der Waals surface area contributed by atoms with Crippen LogP contribution in [-0.2, 0) is 6.42 Å². The van der Waals surface area contributed by atoms with Crippen LogP contribution >= 0.6 is 0 Å². The van der Waals surface area contributed by atoms with Crippen LogP contribution in [0.1, 0.15) is 70.4 Å². The lowest BCUT2D eigenvalue weighted by atomic mass is 10.1. The number of aromatic hydroxyl groups is 1. The van der Waals surface area contributed by atoms with Crippen molar-refractivity contribution < 1.29 is 5.11 Å². The maximum absolute atomic E-state index is 10.9. The number of rotatable bonds is 10. The molecule has 4 heteroatoms. The summed E-state index contributed by atoms with van der Waals surface area (Å²) in [7, 11) is 0. The van der Waals surface area contributed by atoms with E-state index in [1.54, 1.807) is 0 Å². The van der Waals surface area contributed by atoms with Gasteiger partial charge < -0.3 is 10.1 Å². The van der Waals surface area contributed by atoms with Crippen molar-refractivity contribution in [3.05, 3.63) is 16.2 Å². The Balaban J connectivity index is 1.96. The summed E-state index contributed by atoms with van der Waals surface area (Å²) in [6, 6.07) is 0. The minimum absolute atomic E-state index is 0.000402. The highest BCUT2D eigenvalue weighted by atomic mass is 16.3. The van der Waals surface area contributed by atoms with Gasteiger partial charge in [-0.05, 0) is 12.8 Å². The number of hydrogen-bond donors (Lipinski definition) is 3. The molecule has 0 aliphatic carbocycles. The second kappa shape index (κ2) is 8.84. The summed E-state index contributed by atoms with van der Waals surface area (Å²) in [6.07, 6.45) is 12.2. The summed E-state index contributed by atoms with van der Waals surface area (Å²) in [5, 5.41) is 9.37. The molecule has 0 atom stereocenters. The number of aromatic amines is 2. The quantitative estimate of drug-likeness (QED) is 0.559. The van der Waals surface area contributed by atoms with Gasteiger partial charge in [-0.1, -0.05) is 58.3 Å². The zero-order chi connectivity index (χ0) is 13.2. The fourth-order valence-corrected chi connectivity index (χ4v) is 2.20. The highest BCUT2D eigenvalue weighted by molar-refractivity contribution is 5.15. The SMILES string of the molecule is CCCCCCCCCCCc1[nH]c(=O)[nH]c1O. The molecule has 0 spiro atoms. The fraction of sp³-hybridized carbons (Fsp3) is 0.786. The van der Waals surface area contributed by atoms with Crippen molar-refractivity contribution >= 4 is 0 Å². The first-order valence-electron chi connectivity index (χ1n) is 7.24. The minimum Gasteiger partial charge on any atom is -0.493 e. The van der Waals surface area contributed by atoms with Crippen LogP contribution in [0.2, 0.25) is 0 Å². The molecule has 0 aliphatic rings. The van der Waals surface area contributed by atoms with Crippen LogP contribution < -0.4 is 5.69 Å². The van der Waals surface area contributed by atoms with Gasteiger partial charge in [0.05, 0.1) is 5.69 Å². The molecule has 18 heavy (non-hydrogen) atoms. The second-order valence-corrected chi connectivity index (χ2v) is 4.98. The molecule has 0 fully saturated rings. The van der Waals surface area contributed by atoms with Crippen molar-refractivity contribution in [2.75, 3.05) is 0 Å². The summed E-state index contributed by atoms with van der Waals surface area (Å²) in [4.78, 5) is 15.8. The number of aryl methyl sites for hydroxylation is 1. The summed E-state index contributed by atoms with van der Waals surface area (Å²) in [6.45, 7) is 2.24. The van der Waals surface area contributed by atoms with Crippen LogP contribution in [0.15, 0.2) is 4.79 Å². The van der Waals surface area contributed by atoms with E-state index in [1.807, 2.05) is 0 Å². The first kappa shape index (κ1) is 14.9. The molecular weight excluding hydrogens is 228 g/mol. The van der Waals surface area contributed by atoms with Crippen molar-refractivity contribution in [2.45, 2.75) is 71.1 Å². The minimum atomic E-state index is -0.321. The van der Waals surface area contributed by atoms with E-state index in [4.69, 9.17) is 0 Å². The highest BCUT2D eigenvalue weighted by Crippen LogP contribution is 2.14. The van der Waals surface area contributed by atoms with Crippen LogP contribution in [-0.4, -0.2) is 15.1 Å². The van der Waals surface area contributed by atoms with Gasteiger partial charge in [0.2, 0.25) is 5.88 Å². The number of H-pyrrole nitrogens is 2. The normalized spacial score (nSPS) is 10.9. The zero-order valence-electron chi connectivity index (χ0n) is 11.4. The van der Waals surface area contributed by atoms with E-state index in [0.29, 0.717) is 5.69 Å². The number of imidazole rings is 1. The zero-order valence-corrected chi connectivity index (χ0v) is 11.4.